The highest BCUT2D eigenvalue weighted by atomic mass is 16.5. The summed E-state index contributed by atoms with van der Waals surface area (Å²) in [6.45, 7) is 2.25. The summed E-state index contributed by atoms with van der Waals surface area (Å²) < 4.78 is 10.9. The lowest BCUT2D eigenvalue weighted by Crippen LogP contribution is -2.44. The summed E-state index contributed by atoms with van der Waals surface area (Å²) in [7, 11) is 3.33. The Kier molecular flexibility index (Phi) is 5.43. The number of aromatic hydroxyl groups is 1. The first-order chi connectivity index (χ1) is 15.4. The van der Waals surface area contributed by atoms with Crippen molar-refractivity contribution in [3.8, 4) is 17.2 Å². The maximum absolute atomic E-state index is 13.2. The number of methoxy groups -OCH3 is 2. The molecule has 5 atom stereocenters. The highest BCUT2D eigenvalue weighted by Crippen LogP contribution is 2.62. The zero-order chi connectivity index (χ0) is 22.5. The van der Waals surface area contributed by atoms with Crippen molar-refractivity contribution in [3.63, 3.8) is 0 Å². The molecule has 4 heteroatoms. The minimum atomic E-state index is -0.169. The molecule has 3 aliphatic carbocycles. The van der Waals surface area contributed by atoms with Crippen molar-refractivity contribution in [3.05, 3.63) is 53.1 Å². The van der Waals surface area contributed by atoms with Crippen LogP contribution >= 0.6 is 0 Å². The maximum atomic E-state index is 13.2. The Morgan fingerprint density at radius 1 is 1.06 bits per heavy atom. The van der Waals surface area contributed by atoms with Crippen molar-refractivity contribution in [1.82, 2.24) is 0 Å². The molecule has 2 saturated carbocycles. The van der Waals surface area contributed by atoms with Crippen LogP contribution in [-0.4, -0.2) is 25.1 Å². The molecule has 2 aromatic rings. The Balaban J connectivity index is 1.39. The van der Waals surface area contributed by atoms with Gasteiger partial charge < -0.3 is 14.6 Å². The summed E-state index contributed by atoms with van der Waals surface area (Å²) in [5, 5.41) is 9.94. The summed E-state index contributed by atoms with van der Waals surface area (Å²) in [6, 6.07) is 12.1. The van der Waals surface area contributed by atoms with E-state index in [1.165, 1.54) is 16.7 Å². The summed E-state index contributed by atoms with van der Waals surface area (Å²) in [4.78, 5) is 13.2. The molecule has 0 unspecified atom stereocenters. The van der Waals surface area contributed by atoms with Crippen LogP contribution in [-0.2, 0) is 17.6 Å². The van der Waals surface area contributed by atoms with Gasteiger partial charge in [0.1, 0.15) is 11.5 Å². The second-order valence-corrected chi connectivity index (χ2v) is 10.3. The van der Waals surface area contributed by atoms with Gasteiger partial charge in [-0.25, -0.2) is 0 Å². The molecule has 2 aromatic carbocycles. The molecule has 4 nitrogen and oxygen atoms in total. The third-order valence-corrected chi connectivity index (χ3v) is 8.81. The van der Waals surface area contributed by atoms with E-state index in [9.17, 15) is 9.90 Å². The average molecular weight is 435 g/mol. The van der Waals surface area contributed by atoms with Gasteiger partial charge in [-0.3, -0.25) is 4.79 Å². The van der Waals surface area contributed by atoms with Crippen LogP contribution in [0.5, 0.6) is 17.2 Å². The van der Waals surface area contributed by atoms with Crippen LogP contribution in [0.1, 0.15) is 61.6 Å². The number of rotatable bonds is 5. The van der Waals surface area contributed by atoms with E-state index in [4.69, 9.17) is 9.47 Å². The predicted octanol–water partition coefficient (Wildman–Crippen LogP) is 5.69. The average Bonchev–Trinajstić information content (AvgIpc) is 3.07. The summed E-state index contributed by atoms with van der Waals surface area (Å²) in [5.74, 6) is 4.34. The van der Waals surface area contributed by atoms with E-state index < -0.39 is 0 Å². The zero-order valence-corrected chi connectivity index (χ0v) is 19.4. The van der Waals surface area contributed by atoms with Gasteiger partial charge in [0, 0.05) is 11.8 Å². The third kappa shape index (κ3) is 3.39. The molecule has 1 N–H and O–H groups in total. The van der Waals surface area contributed by atoms with Crippen molar-refractivity contribution in [2.75, 3.05) is 14.2 Å². The molecular formula is C28H34O4. The fourth-order valence-corrected chi connectivity index (χ4v) is 7.28. The lowest BCUT2D eigenvalue weighted by Gasteiger charge is -2.50. The van der Waals surface area contributed by atoms with Crippen LogP contribution < -0.4 is 9.47 Å². The fraction of sp³-hybridized carbons (Fsp3) is 0.536. The summed E-state index contributed by atoms with van der Waals surface area (Å²) in [6.07, 6.45) is 6.92. The SMILES string of the molecule is COc1ccc(CC[C@@H]2CC(=O)[C@@]3(C)CC[C@@H]4c5ccc(O)cc5CC[C@H]4[C@H]23)cc1OC. The highest BCUT2D eigenvalue weighted by Gasteiger charge is 2.58. The van der Waals surface area contributed by atoms with Crippen LogP contribution in [0.15, 0.2) is 36.4 Å². The zero-order valence-electron chi connectivity index (χ0n) is 19.4. The fourth-order valence-electron chi connectivity index (χ4n) is 7.28. The van der Waals surface area contributed by atoms with Crippen LogP contribution in [0.2, 0.25) is 0 Å². The Labute approximate surface area is 190 Å². The second-order valence-electron chi connectivity index (χ2n) is 10.3. The van der Waals surface area contributed by atoms with E-state index in [1.54, 1.807) is 14.2 Å². The summed E-state index contributed by atoms with van der Waals surface area (Å²) in [5.41, 5.74) is 3.79. The number of carbonyl (C=O) groups excluding carboxylic acids is 1. The van der Waals surface area contributed by atoms with Gasteiger partial charge in [-0.15, -0.1) is 0 Å². The van der Waals surface area contributed by atoms with Gasteiger partial charge in [-0.1, -0.05) is 19.1 Å². The number of aryl methyl sites for hydroxylation is 2. The van der Waals surface area contributed by atoms with E-state index in [0.29, 0.717) is 35.2 Å². The van der Waals surface area contributed by atoms with Gasteiger partial charge in [-0.05, 0) is 103 Å². The number of hydrogen-bond donors (Lipinski definition) is 1. The molecule has 5 rings (SSSR count). The molecule has 3 aliphatic rings. The Bertz CT molecular complexity index is 1030. The second kappa shape index (κ2) is 8.13. The quantitative estimate of drug-likeness (QED) is 0.656. The highest BCUT2D eigenvalue weighted by molar-refractivity contribution is 5.87. The standard InChI is InChI=1S/C28H34O4/c1-28-13-12-22-21-10-8-20(29)15-18(21)7-9-23(22)27(28)19(16-26(28)30)6-4-17-5-11-24(31-2)25(14-17)32-3/h5,8,10-11,14-15,19,22-23,27,29H,4,6-7,9,12-13,16H2,1-3H3/t19-,22-,23-,27+,28-/m1/s1. The lowest BCUT2D eigenvalue weighted by atomic mass is 9.54. The summed E-state index contributed by atoms with van der Waals surface area (Å²) >= 11 is 0. The largest absolute Gasteiger partial charge is 0.508 e. The number of phenolic OH excluding ortho intramolecular Hbond substituents is 1. The normalized spacial score (nSPS) is 30.9. The first-order valence-corrected chi connectivity index (χ1v) is 12.0. The van der Waals surface area contributed by atoms with E-state index in [0.717, 1.165) is 56.4 Å². The van der Waals surface area contributed by atoms with Crippen LogP contribution in [0, 0.1) is 23.2 Å². The van der Waals surface area contributed by atoms with Gasteiger partial charge in [0.25, 0.3) is 0 Å². The van der Waals surface area contributed by atoms with Gasteiger partial charge in [0.05, 0.1) is 14.2 Å². The first-order valence-electron chi connectivity index (χ1n) is 12.0. The van der Waals surface area contributed by atoms with Crippen molar-refractivity contribution >= 4 is 5.78 Å². The smallest absolute Gasteiger partial charge is 0.160 e. The minimum absolute atomic E-state index is 0.169. The number of hydrogen-bond acceptors (Lipinski definition) is 4. The van der Waals surface area contributed by atoms with Crippen molar-refractivity contribution in [2.45, 2.75) is 57.8 Å². The van der Waals surface area contributed by atoms with Crippen LogP contribution in [0.25, 0.3) is 0 Å². The molecular weight excluding hydrogens is 400 g/mol. The number of ketones is 1. The molecule has 2 fully saturated rings. The van der Waals surface area contributed by atoms with E-state index >= 15 is 0 Å². The lowest BCUT2D eigenvalue weighted by molar-refractivity contribution is -0.129. The molecule has 0 saturated heterocycles. The van der Waals surface area contributed by atoms with Crippen molar-refractivity contribution in [2.24, 2.45) is 23.2 Å². The Morgan fingerprint density at radius 2 is 1.88 bits per heavy atom. The number of benzene rings is 2. The molecule has 0 aromatic heterocycles. The topological polar surface area (TPSA) is 55.8 Å². The monoisotopic (exact) mass is 434 g/mol. The first kappa shape index (κ1) is 21.4. The molecule has 0 bridgehead atoms. The molecule has 32 heavy (non-hydrogen) atoms. The van der Waals surface area contributed by atoms with Crippen molar-refractivity contribution in [1.29, 1.82) is 0 Å². The van der Waals surface area contributed by atoms with E-state index in [-0.39, 0.29) is 5.41 Å². The molecule has 0 radical (unpaired) electrons. The Hall–Kier alpha value is -2.49. The number of phenols is 1. The van der Waals surface area contributed by atoms with Crippen LogP contribution in [0.3, 0.4) is 0 Å². The van der Waals surface area contributed by atoms with Gasteiger partial charge >= 0.3 is 0 Å². The molecule has 0 amide bonds. The number of carbonyl (C=O) groups is 1. The number of Topliss-reactive ketones (excluding diaryl/α,β-unsaturated/α-hetero) is 1. The minimum Gasteiger partial charge on any atom is -0.508 e. The molecule has 0 heterocycles. The third-order valence-electron chi connectivity index (χ3n) is 8.81. The molecule has 0 spiro atoms. The predicted molar refractivity (Wildman–Crippen MR) is 124 cm³/mol. The van der Waals surface area contributed by atoms with Gasteiger partial charge in [0.2, 0.25) is 0 Å². The number of fused-ring (bicyclic) bond motifs is 5. The van der Waals surface area contributed by atoms with E-state index in [1.807, 2.05) is 18.2 Å². The molecule has 170 valence electrons. The van der Waals surface area contributed by atoms with Gasteiger partial charge in [0.15, 0.2) is 11.5 Å². The Morgan fingerprint density at radius 3 is 2.66 bits per heavy atom. The number of ether oxygens (including phenoxy) is 2. The van der Waals surface area contributed by atoms with E-state index in [2.05, 4.69) is 25.1 Å². The van der Waals surface area contributed by atoms with Gasteiger partial charge in [-0.2, -0.15) is 0 Å². The van der Waals surface area contributed by atoms with Crippen molar-refractivity contribution < 1.29 is 19.4 Å². The van der Waals surface area contributed by atoms with Crippen LogP contribution in [0.4, 0.5) is 0 Å². The molecule has 0 aliphatic heterocycles. The maximum Gasteiger partial charge on any atom is 0.160 e.